The summed E-state index contributed by atoms with van der Waals surface area (Å²) in [7, 11) is 0. The van der Waals surface area contributed by atoms with Crippen LogP contribution in [0.5, 0.6) is 0 Å². The number of carbonyl (C=O) groups excluding carboxylic acids is 1. The number of amides is 1. The number of hydrogen-bond donors (Lipinski definition) is 0. The lowest BCUT2D eigenvalue weighted by Gasteiger charge is -2.06. The molecule has 82 valence electrons. The lowest BCUT2D eigenvalue weighted by atomic mass is 10.2. The zero-order valence-corrected chi connectivity index (χ0v) is 11.3. The summed E-state index contributed by atoms with van der Waals surface area (Å²) in [5, 5.41) is 5.33. The van der Waals surface area contributed by atoms with E-state index in [0.717, 1.165) is 10.0 Å². The quantitative estimate of drug-likeness (QED) is 0.621. The van der Waals surface area contributed by atoms with Crippen molar-refractivity contribution < 1.29 is 4.79 Å². The summed E-state index contributed by atoms with van der Waals surface area (Å²) in [5.74, 6) is 0.319. The van der Waals surface area contributed by atoms with E-state index in [1.165, 1.54) is 16.8 Å². The highest BCUT2D eigenvalue weighted by Crippen LogP contribution is 2.19. The van der Waals surface area contributed by atoms with Gasteiger partial charge in [-0.05, 0) is 17.7 Å². The smallest absolute Gasteiger partial charge is 0.259 e. The highest BCUT2D eigenvalue weighted by molar-refractivity contribution is 9.10. The molecule has 1 saturated heterocycles. The highest BCUT2D eigenvalue weighted by Gasteiger charge is 2.25. The second-order valence-corrected chi connectivity index (χ2v) is 5.58. The number of thioether (sulfide) groups is 1. The van der Waals surface area contributed by atoms with Gasteiger partial charge in [0.15, 0.2) is 4.32 Å². The van der Waals surface area contributed by atoms with Gasteiger partial charge in [0.05, 0.1) is 12.0 Å². The van der Waals surface area contributed by atoms with Gasteiger partial charge < -0.3 is 0 Å². The van der Waals surface area contributed by atoms with Crippen molar-refractivity contribution in [3.63, 3.8) is 0 Å². The SMILES string of the molecule is O=C1CSC(=S)N1/N=C\c1ccc(Br)cc1. The van der Waals surface area contributed by atoms with E-state index in [9.17, 15) is 4.79 Å². The molecule has 0 spiro atoms. The third-order valence-electron chi connectivity index (χ3n) is 1.92. The van der Waals surface area contributed by atoms with Crippen LogP contribution >= 0.6 is 39.9 Å². The first-order valence-corrected chi connectivity index (χ1v) is 6.65. The fourth-order valence-corrected chi connectivity index (χ4v) is 2.36. The normalized spacial score (nSPS) is 16.4. The van der Waals surface area contributed by atoms with Crippen molar-refractivity contribution in [1.82, 2.24) is 5.01 Å². The third kappa shape index (κ3) is 2.69. The summed E-state index contributed by atoms with van der Waals surface area (Å²) in [6, 6.07) is 7.65. The number of hydrogen-bond acceptors (Lipinski definition) is 4. The van der Waals surface area contributed by atoms with E-state index >= 15 is 0 Å². The molecule has 1 amide bonds. The standard InChI is InChI=1S/C10H7BrN2OS2/c11-8-3-1-7(2-4-8)5-12-13-9(14)6-16-10(13)15/h1-5H,6H2/b12-5-. The molecule has 2 rings (SSSR count). The number of thiocarbonyl (C=S) groups is 1. The minimum atomic E-state index is -0.0663. The number of rotatable bonds is 2. The maximum absolute atomic E-state index is 11.4. The van der Waals surface area contributed by atoms with Crippen molar-refractivity contribution in [2.75, 3.05) is 5.75 Å². The van der Waals surface area contributed by atoms with Crippen LogP contribution in [0.15, 0.2) is 33.8 Å². The summed E-state index contributed by atoms with van der Waals surface area (Å²) in [5.41, 5.74) is 0.927. The van der Waals surface area contributed by atoms with E-state index in [1.807, 2.05) is 24.3 Å². The molecule has 0 radical (unpaired) electrons. The topological polar surface area (TPSA) is 32.7 Å². The molecule has 0 aromatic heterocycles. The second kappa shape index (κ2) is 5.07. The van der Waals surface area contributed by atoms with E-state index in [4.69, 9.17) is 12.2 Å². The minimum Gasteiger partial charge on any atom is -0.272 e. The van der Waals surface area contributed by atoms with Gasteiger partial charge in [-0.1, -0.05) is 52.0 Å². The van der Waals surface area contributed by atoms with Crippen molar-refractivity contribution in [2.24, 2.45) is 5.10 Å². The van der Waals surface area contributed by atoms with Crippen molar-refractivity contribution in [1.29, 1.82) is 0 Å². The zero-order chi connectivity index (χ0) is 11.5. The van der Waals surface area contributed by atoms with Gasteiger partial charge in [0.25, 0.3) is 5.91 Å². The molecular weight excluding hydrogens is 308 g/mol. The Bertz CT molecular complexity index is 442. The molecule has 1 aromatic carbocycles. The molecule has 0 unspecified atom stereocenters. The Labute approximate surface area is 111 Å². The maximum Gasteiger partial charge on any atom is 0.259 e. The largest absolute Gasteiger partial charge is 0.272 e. The molecular formula is C10H7BrN2OS2. The Morgan fingerprint density at radius 1 is 1.44 bits per heavy atom. The van der Waals surface area contributed by atoms with Crippen LogP contribution in [0.3, 0.4) is 0 Å². The molecule has 16 heavy (non-hydrogen) atoms. The molecule has 3 nitrogen and oxygen atoms in total. The summed E-state index contributed by atoms with van der Waals surface area (Å²) >= 11 is 9.69. The van der Waals surface area contributed by atoms with Gasteiger partial charge >= 0.3 is 0 Å². The van der Waals surface area contributed by atoms with Crippen LogP contribution in [0, 0.1) is 0 Å². The molecule has 1 heterocycles. The summed E-state index contributed by atoms with van der Waals surface area (Å²) in [4.78, 5) is 11.4. The van der Waals surface area contributed by atoms with Crippen molar-refractivity contribution in [2.45, 2.75) is 0 Å². The molecule has 0 N–H and O–H groups in total. The van der Waals surface area contributed by atoms with Crippen molar-refractivity contribution in [3.8, 4) is 0 Å². The molecule has 1 aliphatic heterocycles. The zero-order valence-electron chi connectivity index (χ0n) is 8.09. The van der Waals surface area contributed by atoms with Crippen LogP contribution in [-0.4, -0.2) is 27.2 Å². The van der Waals surface area contributed by atoms with Crippen LogP contribution in [0.25, 0.3) is 0 Å². The van der Waals surface area contributed by atoms with E-state index < -0.39 is 0 Å². The second-order valence-electron chi connectivity index (χ2n) is 3.06. The van der Waals surface area contributed by atoms with Gasteiger partial charge in [0.2, 0.25) is 0 Å². The van der Waals surface area contributed by atoms with E-state index in [0.29, 0.717) is 10.1 Å². The summed E-state index contributed by atoms with van der Waals surface area (Å²) in [6.07, 6.45) is 1.63. The minimum absolute atomic E-state index is 0.0663. The summed E-state index contributed by atoms with van der Waals surface area (Å²) < 4.78 is 1.52. The molecule has 0 aliphatic carbocycles. The average molecular weight is 315 g/mol. The van der Waals surface area contributed by atoms with Gasteiger partial charge in [-0.3, -0.25) is 4.79 Å². The van der Waals surface area contributed by atoms with Crippen LogP contribution in [0.2, 0.25) is 0 Å². The van der Waals surface area contributed by atoms with Gasteiger partial charge in [-0.15, -0.1) is 0 Å². The first kappa shape index (κ1) is 11.8. The maximum atomic E-state index is 11.4. The number of halogens is 1. The van der Waals surface area contributed by atoms with Crippen LogP contribution in [0.4, 0.5) is 0 Å². The summed E-state index contributed by atoms with van der Waals surface area (Å²) in [6.45, 7) is 0. The molecule has 1 fully saturated rings. The number of benzene rings is 1. The lowest BCUT2D eigenvalue weighted by Crippen LogP contribution is -2.22. The van der Waals surface area contributed by atoms with E-state index in [1.54, 1.807) is 6.21 Å². The fourth-order valence-electron chi connectivity index (χ4n) is 1.13. The molecule has 0 saturated carbocycles. The Balaban J connectivity index is 2.12. The van der Waals surface area contributed by atoms with Gasteiger partial charge in [-0.25, -0.2) is 0 Å². The Kier molecular flexibility index (Phi) is 3.73. The van der Waals surface area contributed by atoms with Crippen LogP contribution < -0.4 is 0 Å². The molecule has 0 bridgehead atoms. The predicted molar refractivity (Wildman–Crippen MR) is 73.6 cm³/mol. The molecule has 1 aliphatic rings. The highest BCUT2D eigenvalue weighted by atomic mass is 79.9. The first-order chi connectivity index (χ1) is 7.66. The van der Waals surface area contributed by atoms with Gasteiger partial charge in [-0.2, -0.15) is 10.1 Å². The Morgan fingerprint density at radius 3 is 2.69 bits per heavy atom. The van der Waals surface area contributed by atoms with Crippen LogP contribution in [-0.2, 0) is 4.79 Å². The lowest BCUT2D eigenvalue weighted by molar-refractivity contribution is -0.123. The Morgan fingerprint density at radius 2 is 2.12 bits per heavy atom. The fraction of sp³-hybridized carbons (Fsp3) is 0.100. The monoisotopic (exact) mass is 314 g/mol. The van der Waals surface area contributed by atoms with Crippen molar-refractivity contribution >= 4 is 56.4 Å². The third-order valence-corrected chi connectivity index (χ3v) is 3.79. The molecule has 0 atom stereocenters. The van der Waals surface area contributed by atoms with Crippen LogP contribution in [0.1, 0.15) is 5.56 Å². The number of hydrazone groups is 1. The van der Waals surface area contributed by atoms with Gasteiger partial charge in [0.1, 0.15) is 0 Å². The van der Waals surface area contributed by atoms with Gasteiger partial charge in [0, 0.05) is 4.47 Å². The molecule has 6 heteroatoms. The average Bonchev–Trinajstić information content (AvgIpc) is 2.59. The Hall–Kier alpha value is -0.720. The van der Waals surface area contributed by atoms with Crippen molar-refractivity contribution in [3.05, 3.63) is 34.3 Å². The first-order valence-electron chi connectivity index (χ1n) is 4.46. The number of carbonyl (C=O) groups is 1. The number of nitrogens with zero attached hydrogens (tertiary/aromatic N) is 2. The predicted octanol–water partition coefficient (Wildman–Crippen LogP) is 2.64. The molecule has 1 aromatic rings. The van der Waals surface area contributed by atoms with E-state index in [2.05, 4.69) is 21.0 Å². The van der Waals surface area contributed by atoms with E-state index in [-0.39, 0.29) is 5.91 Å².